The topological polar surface area (TPSA) is 15.3 Å². The normalized spacial score (nSPS) is 30.6. The highest BCUT2D eigenvalue weighted by molar-refractivity contribution is 4.81. The average Bonchev–Trinajstić information content (AvgIpc) is 2.88. The van der Waals surface area contributed by atoms with Gasteiger partial charge in [-0.15, -0.1) is 0 Å². The van der Waals surface area contributed by atoms with Gasteiger partial charge in [-0.05, 0) is 64.1 Å². The standard InChI is InChI=1S/C15H27F3N2/c1-12(11-20-8-2-3-9-20)10-19-14-6-4-13(5-7-14)15(16,17)18/h12-14,19H,2-11H2,1H3. The van der Waals surface area contributed by atoms with E-state index in [9.17, 15) is 13.2 Å². The highest BCUT2D eigenvalue weighted by atomic mass is 19.4. The minimum absolute atomic E-state index is 0.287. The van der Waals surface area contributed by atoms with Crippen molar-refractivity contribution in [3.05, 3.63) is 0 Å². The molecule has 1 atom stereocenters. The van der Waals surface area contributed by atoms with Gasteiger partial charge in [-0.25, -0.2) is 0 Å². The molecule has 0 radical (unpaired) electrons. The molecule has 1 heterocycles. The Kier molecular flexibility index (Phi) is 5.73. The molecular formula is C15H27F3N2. The molecule has 0 spiro atoms. The molecule has 2 rings (SSSR count). The van der Waals surface area contributed by atoms with Crippen molar-refractivity contribution in [2.75, 3.05) is 26.2 Å². The summed E-state index contributed by atoms with van der Waals surface area (Å²) in [5.74, 6) is -0.490. The van der Waals surface area contributed by atoms with Crippen LogP contribution in [0.2, 0.25) is 0 Å². The molecule has 0 aromatic rings. The van der Waals surface area contributed by atoms with Gasteiger partial charge in [0.15, 0.2) is 0 Å². The van der Waals surface area contributed by atoms with Gasteiger partial charge in [0.2, 0.25) is 0 Å². The first-order valence-corrected chi connectivity index (χ1v) is 7.97. The summed E-state index contributed by atoms with van der Waals surface area (Å²) in [7, 11) is 0. The molecule has 118 valence electrons. The number of hydrogen-bond acceptors (Lipinski definition) is 2. The first kappa shape index (κ1) is 16.1. The molecule has 1 saturated carbocycles. The second kappa shape index (κ2) is 7.12. The Morgan fingerprint density at radius 1 is 1.10 bits per heavy atom. The second-order valence-corrected chi connectivity index (χ2v) is 6.61. The molecule has 0 bridgehead atoms. The lowest BCUT2D eigenvalue weighted by Crippen LogP contribution is -2.40. The Hall–Kier alpha value is -0.290. The lowest BCUT2D eigenvalue weighted by molar-refractivity contribution is -0.182. The predicted molar refractivity (Wildman–Crippen MR) is 74.6 cm³/mol. The fourth-order valence-electron chi connectivity index (χ4n) is 3.46. The van der Waals surface area contributed by atoms with E-state index in [0.29, 0.717) is 31.6 Å². The molecule has 1 unspecified atom stereocenters. The number of halogens is 3. The molecule has 5 heteroatoms. The quantitative estimate of drug-likeness (QED) is 0.835. The number of alkyl halides is 3. The zero-order chi connectivity index (χ0) is 14.6. The third-order valence-corrected chi connectivity index (χ3v) is 4.71. The fourth-order valence-corrected chi connectivity index (χ4v) is 3.46. The van der Waals surface area contributed by atoms with Gasteiger partial charge >= 0.3 is 6.18 Å². The maximum absolute atomic E-state index is 12.6. The molecule has 20 heavy (non-hydrogen) atoms. The van der Waals surface area contributed by atoms with E-state index in [1.54, 1.807) is 0 Å². The molecule has 1 aliphatic carbocycles. The fraction of sp³-hybridized carbons (Fsp3) is 1.00. The number of hydrogen-bond donors (Lipinski definition) is 1. The largest absolute Gasteiger partial charge is 0.391 e. The van der Waals surface area contributed by atoms with Crippen LogP contribution in [-0.2, 0) is 0 Å². The lowest BCUT2D eigenvalue weighted by Gasteiger charge is -2.31. The Labute approximate surface area is 120 Å². The Morgan fingerprint density at radius 2 is 1.70 bits per heavy atom. The van der Waals surface area contributed by atoms with Crippen LogP contribution < -0.4 is 5.32 Å². The van der Waals surface area contributed by atoms with Gasteiger partial charge in [-0.1, -0.05) is 6.92 Å². The summed E-state index contributed by atoms with van der Waals surface area (Å²) in [6.07, 6.45) is 0.543. The van der Waals surface area contributed by atoms with E-state index in [1.807, 2.05) is 0 Å². The van der Waals surface area contributed by atoms with Crippen LogP contribution in [0.25, 0.3) is 0 Å². The van der Waals surface area contributed by atoms with Crippen LogP contribution in [0.3, 0.4) is 0 Å². The van der Waals surface area contributed by atoms with Crippen LogP contribution in [0.5, 0.6) is 0 Å². The molecule has 0 aromatic heterocycles. The monoisotopic (exact) mass is 292 g/mol. The van der Waals surface area contributed by atoms with Crippen molar-refractivity contribution in [3.63, 3.8) is 0 Å². The zero-order valence-electron chi connectivity index (χ0n) is 12.4. The van der Waals surface area contributed by atoms with E-state index in [0.717, 1.165) is 13.1 Å². The van der Waals surface area contributed by atoms with Gasteiger partial charge in [-0.3, -0.25) is 0 Å². The van der Waals surface area contributed by atoms with Gasteiger partial charge in [0.1, 0.15) is 0 Å². The Balaban J connectivity index is 1.60. The SMILES string of the molecule is CC(CNC1CCC(C(F)(F)F)CC1)CN1CCCC1. The first-order valence-electron chi connectivity index (χ1n) is 7.97. The van der Waals surface area contributed by atoms with E-state index >= 15 is 0 Å². The third kappa shape index (κ3) is 4.92. The summed E-state index contributed by atoms with van der Waals surface area (Å²) >= 11 is 0. The summed E-state index contributed by atoms with van der Waals surface area (Å²) in [6.45, 7) is 6.69. The van der Waals surface area contributed by atoms with Crippen LogP contribution in [0.15, 0.2) is 0 Å². The molecule has 0 aromatic carbocycles. The molecule has 1 aliphatic heterocycles. The van der Waals surface area contributed by atoms with Crippen molar-refractivity contribution in [2.45, 2.75) is 57.7 Å². The second-order valence-electron chi connectivity index (χ2n) is 6.61. The van der Waals surface area contributed by atoms with E-state index in [-0.39, 0.29) is 6.04 Å². The van der Waals surface area contributed by atoms with E-state index in [2.05, 4.69) is 17.1 Å². The van der Waals surface area contributed by atoms with Gasteiger partial charge in [0.05, 0.1) is 5.92 Å². The summed E-state index contributed by atoms with van der Waals surface area (Å²) in [5.41, 5.74) is 0. The van der Waals surface area contributed by atoms with Crippen LogP contribution in [-0.4, -0.2) is 43.3 Å². The predicted octanol–water partition coefficient (Wildman–Crippen LogP) is 3.43. The van der Waals surface area contributed by atoms with Crippen LogP contribution in [0.4, 0.5) is 13.2 Å². The van der Waals surface area contributed by atoms with Crippen molar-refractivity contribution in [2.24, 2.45) is 11.8 Å². The van der Waals surface area contributed by atoms with Crippen molar-refractivity contribution in [3.8, 4) is 0 Å². The molecule has 2 nitrogen and oxygen atoms in total. The van der Waals surface area contributed by atoms with Crippen LogP contribution in [0, 0.1) is 11.8 Å². The zero-order valence-corrected chi connectivity index (χ0v) is 12.4. The third-order valence-electron chi connectivity index (χ3n) is 4.71. The van der Waals surface area contributed by atoms with Gasteiger partial charge in [-0.2, -0.15) is 13.2 Å². The van der Waals surface area contributed by atoms with Crippen molar-refractivity contribution in [1.82, 2.24) is 10.2 Å². The minimum Gasteiger partial charge on any atom is -0.314 e. The van der Waals surface area contributed by atoms with Gasteiger partial charge in [0.25, 0.3) is 0 Å². The summed E-state index contributed by atoms with van der Waals surface area (Å²) in [6, 6.07) is 0.287. The highest BCUT2D eigenvalue weighted by Gasteiger charge is 2.41. The first-order chi connectivity index (χ1) is 9.45. The summed E-state index contributed by atoms with van der Waals surface area (Å²) in [5, 5.41) is 3.47. The number of likely N-dealkylation sites (tertiary alicyclic amines) is 1. The number of nitrogens with one attached hydrogen (secondary N) is 1. The molecule has 2 fully saturated rings. The molecule has 2 aliphatic rings. The smallest absolute Gasteiger partial charge is 0.314 e. The molecule has 1 N–H and O–H groups in total. The van der Waals surface area contributed by atoms with Crippen LogP contribution in [0.1, 0.15) is 45.4 Å². The summed E-state index contributed by atoms with van der Waals surface area (Å²) < 4.78 is 37.8. The van der Waals surface area contributed by atoms with Gasteiger partial charge in [0, 0.05) is 12.6 Å². The van der Waals surface area contributed by atoms with E-state index in [4.69, 9.17) is 0 Å². The summed E-state index contributed by atoms with van der Waals surface area (Å²) in [4.78, 5) is 2.49. The van der Waals surface area contributed by atoms with Gasteiger partial charge < -0.3 is 10.2 Å². The van der Waals surface area contributed by atoms with Crippen molar-refractivity contribution in [1.29, 1.82) is 0 Å². The number of nitrogens with zero attached hydrogens (tertiary/aromatic N) is 1. The van der Waals surface area contributed by atoms with Crippen LogP contribution >= 0.6 is 0 Å². The number of rotatable bonds is 5. The Bertz CT molecular complexity index is 279. The molecule has 0 amide bonds. The van der Waals surface area contributed by atoms with Crippen molar-refractivity contribution < 1.29 is 13.2 Å². The molecular weight excluding hydrogens is 265 g/mol. The minimum atomic E-state index is -3.99. The van der Waals surface area contributed by atoms with Crippen molar-refractivity contribution >= 4 is 0 Å². The maximum Gasteiger partial charge on any atom is 0.391 e. The Morgan fingerprint density at radius 3 is 2.25 bits per heavy atom. The maximum atomic E-state index is 12.6. The van der Waals surface area contributed by atoms with E-state index in [1.165, 1.54) is 25.9 Å². The average molecular weight is 292 g/mol. The molecule has 1 saturated heterocycles. The van der Waals surface area contributed by atoms with E-state index < -0.39 is 12.1 Å². The lowest BCUT2D eigenvalue weighted by atomic mass is 9.85. The highest BCUT2D eigenvalue weighted by Crippen LogP contribution is 2.37.